The van der Waals surface area contributed by atoms with Crippen LogP contribution < -0.4 is 5.73 Å². The largest absolute Gasteiger partial charge is 0.384 e. The minimum Gasteiger partial charge on any atom is -0.384 e. The highest BCUT2D eigenvalue weighted by Crippen LogP contribution is 2.21. The van der Waals surface area contributed by atoms with Crippen LogP contribution in [0.1, 0.15) is 37.2 Å². The van der Waals surface area contributed by atoms with E-state index < -0.39 is 0 Å². The third-order valence-electron chi connectivity index (χ3n) is 4.44. The fourth-order valence-corrected chi connectivity index (χ4v) is 3.46. The number of piperidine rings is 1. The normalized spacial score (nSPS) is 25.1. The van der Waals surface area contributed by atoms with Gasteiger partial charge in [0.05, 0.1) is 6.54 Å². The molecular weight excluding hydrogens is 250 g/mol. The Morgan fingerprint density at radius 2 is 2.00 bits per heavy atom. The molecule has 5 nitrogen and oxygen atoms in total. The van der Waals surface area contributed by atoms with Crippen LogP contribution in [0, 0.1) is 6.92 Å². The van der Waals surface area contributed by atoms with Gasteiger partial charge in [0.15, 0.2) is 0 Å². The van der Waals surface area contributed by atoms with Gasteiger partial charge in [0.25, 0.3) is 0 Å². The Labute approximate surface area is 121 Å². The topological polar surface area (TPSA) is 58.3 Å². The van der Waals surface area contributed by atoms with E-state index in [1.54, 1.807) is 0 Å². The molecular formula is C15H25N5. The van der Waals surface area contributed by atoms with Crippen LogP contribution in [0.2, 0.25) is 0 Å². The summed E-state index contributed by atoms with van der Waals surface area (Å²) in [5, 5.41) is 0. The zero-order chi connectivity index (χ0) is 13.9. The van der Waals surface area contributed by atoms with Crippen molar-refractivity contribution in [3.8, 4) is 0 Å². The summed E-state index contributed by atoms with van der Waals surface area (Å²) in [4.78, 5) is 14.0. The van der Waals surface area contributed by atoms with Gasteiger partial charge in [0, 0.05) is 30.9 Å². The summed E-state index contributed by atoms with van der Waals surface area (Å²) in [6.07, 6.45) is 5.42. The van der Waals surface area contributed by atoms with E-state index in [1.165, 1.54) is 38.8 Å². The Balaban J connectivity index is 1.57. The van der Waals surface area contributed by atoms with Crippen LogP contribution in [-0.2, 0) is 6.54 Å². The van der Waals surface area contributed by atoms with Crippen LogP contribution >= 0.6 is 0 Å². The van der Waals surface area contributed by atoms with Gasteiger partial charge in [-0.1, -0.05) is 6.42 Å². The number of anilines is 1. The van der Waals surface area contributed by atoms with Crippen molar-refractivity contribution in [2.75, 3.05) is 31.9 Å². The van der Waals surface area contributed by atoms with E-state index in [1.807, 2.05) is 13.0 Å². The minimum absolute atomic E-state index is 0.583. The lowest BCUT2D eigenvalue weighted by molar-refractivity contribution is 0.160. The number of rotatable bonds is 3. The summed E-state index contributed by atoms with van der Waals surface area (Å²) < 4.78 is 0. The number of hydrogen-bond donors (Lipinski definition) is 1. The van der Waals surface area contributed by atoms with E-state index in [9.17, 15) is 0 Å². The van der Waals surface area contributed by atoms with Crippen molar-refractivity contribution in [3.05, 3.63) is 17.6 Å². The quantitative estimate of drug-likeness (QED) is 0.904. The zero-order valence-electron chi connectivity index (χ0n) is 12.4. The van der Waals surface area contributed by atoms with Crippen LogP contribution in [0.25, 0.3) is 0 Å². The predicted octanol–water partition coefficient (Wildman–Crippen LogP) is 1.43. The molecule has 0 spiro atoms. The fourth-order valence-electron chi connectivity index (χ4n) is 3.46. The number of nitrogen functional groups attached to an aromatic ring is 1. The zero-order valence-corrected chi connectivity index (χ0v) is 12.4. The van der Waals surface area contributed by atoms with E-state index in [0.29, 0.717) is 5.82 Å². The summed E-state index contributed by atoms with van der Waals surface area (Å²) in [6.45, 7) is 7.67. The highest BCUT2D eigenvalue weighted by molar-refractivity contribution is 5.29. The SMILES string of the molecule is Cc1cc(N)nc(CN2CCC(N3CCCCC3)C2)n1. The molecule has 2 N–H and O–H groups in total. The summed E-state index contributed by atoms with van der Waals surface area (Å²) in [6, 6.07) is 2.56. The first-order valence-corrected chi connectivity index (χ1v) is 7.77. The van der Waals surface area contributed by atoms with Gasteiger partial charge in [-0.2, -0.15) is 0 Å². The Morgan fingerprint density at radius 1 is 1.20 bits per heavy atom. The Kier molecular flexibility index (Phi) is 4.17. The lowest BCUT2D eigenvalue weighted by Gasteiger charge is -2.32. The maximum absolute atomic E-state index is 5.80. The molecule has 5 heteroatoms. The van der Waals surface area contributed by atoms with Crippen LogP contribution in [-0.4, -0.2) is 52.0 Å². The van der Waals surface area contributed by atoms with Crippen LogP contribution in [0.3, 0.4) is 0 Å². The molecule has 3 rings (SSSR count). The Morgan fingerprint density at radius 3 is 2.75 bits per heavy atom. The first kappa shape index (κ1) is 13.8. The van der Waals surface area contributed by atoms with Gasteiger partial charge >= 0.3 is 0 Å². The van der Waals surface area contributed by atoms with Crippen LogP contribution in [0.4, 0.5) is 5.82 Å². The molecule has 3 heterocycles. The first-order valence-electron chi connectivity index (χ1n) is 7.77. The van der Waals surface area contributed by atoms with Crippen molar-refractivity contribution in [1.29, 1.82) is 0 Å². The molecule has 0 radical (unpaired) electrons. The van der Waals surface area contributed by atoms with Gasteiger partial charge in [-0.3, -0.25) is 9.80 Å². The van der Waals surface area contributed by atoms with Crippen molar-refractivity contribution in [2.24, 2.45) is 0 Å². The number of hydrogen-bond acceptors (Lipinski definition) is 5. The Hall–Kier alpha value is -1.20. The van der Waals surface area contributed by atoms with E-state index in [4.69, 9.17) is 5.73 Å². The van der Waals surface area contributed by atoms with Crippen molar-refractivity contribution in [2.45, 2.75) is 45.2 Å². The minimum atomic E-state index is 0.583. The molecule has 20 heavy (non-hydrogen) atoms. The average Bonchev–Trinajstić information content (AvgIpc) is 2.87. The maximum Gasteiger partial charge on any atom is 0.144 e. The number of likely N-dealkylation sites (tertiary alicyclic amines) is 2. The molecule has 1 atom stereocenters. The molecule has 0 amide bonds. The molecule has 2 fully saturated rings. The predicted molar refractivity (Wildman–Crippen MR) is 80.3 cm³/mol. The first-order chi connectivity index (χ1) is 9.70. The third kappa shape index (κ3) is 3.27. The van der Waals surface area contributed by atoms with Gasteiger partial charge in [0.2, 0.25) is 0 Å². The monoisotopic (exact) mass is 275 g/mol. The van der Waals surface area contributed by atoms with Crippen molar-refractivity contribution in [3.63, 3.8) is 0 Å². The lowest BCUT2D eigenvalue weighted by atomic mass is 10.1. The van der Waals surface area contributed by atoms with Crippen LogP contribution in [0.15, 0.2) is 6.07 Å². The lowest BCUT2D eigenvalue weighted by Crippen LogP contribution is -2.40. The molecule has 1 aromatic rings. The molecule has 1 aromatic heterocycles. The number of nitrogens with two attached hydrogens (primary N) is 1. The number of aromatic nitrogens is 2. The molecule has 0 aromatic carbocycles. The van der Waals surface area contributed by atoms with Gasteiger partial charge in [0.1, 0.15) is 11.6 Å². The highest BCUT2D eigenvalue weighted by Gasteiger charge is 2.28. The summed E-state index contributed by atoms with van der Waals surface area (Å²) in [5.41, 5.74) is 6.76. The van der Waals surface area contributed by atoms with E-state index in [-0.39, 0.29) is 0 Å². The van der Waals surface area contributed by atoms with Gasteiger partial charge in [-0.15, -0.1) is 0 Å². The van der Waals surface area contributed by atoms with Gasteiger partial charge in [-0.05, 0) is 39.3 Å². The molecule has 0 bridgehead atoms. The second-order valence-electron chi connectivity index (χ2n) is 6.12. The van der Waals surface area contributed by atoms with Gasteiger partial charge < -0.3 is 5.73 Å². The second kappa shape index (κ2) is 6.06. The smallest absolute Gasteiger partial charge is 0.144 e. The summed E-state index contributed by atoms with van der Waals surface area (Å²) in [5.74, 6) is 1.45. The van der Waals surface area contributed by atoms with E-state index >= 15 is 0 Å². The van der Waals surface area contributed by atoms with Crippen molar-refractivity contribution < 1.29 is 0 Å². The third-order valence-corrected chi connectivity index (χ3v) is 4.44. The maximum atomic E-state index is 5.80. The summed E-state index contributed by atoms with van der Waals surface area (Å²) >= 11 is 0. The standard InChI is InChI=1S/C15H25N5/c1-12-9-14(16)18-15(17-12)11-19-8-5-13(10-19)20-6-3-2-4-7-20/h9,13H,2-8,10-11H2,1H3,(H2,16,17,18). The van der Waals surface area contributed by atoms with E-state index in [2.05, 4.69) is 19.8 Å². The highest BCUT2D eigenvalue weighted by atomic mass is 15.3. The molecule has 2 aliphatic rings. The van der Waals surface area contributed by atoms with Crippen molar-refractivity contribution in [1.82, 2.24) is 19.8 Å². The molecule has 2 aliphatic heterocycles. The Bertz CT molecular complexity index is 435. The number of nitrogens with zero attached hydrogens (tertiary/aromatic N) is 4. The fraction of sp³-hybridized carbons (Fsp3) is 0.733. The average molecular weight is 275 g/mol. The van der Waals surface area contributed by atoms with E-state index in [0.717, 1.165) is 37.2 Å². The molecule has 0 aliphatic carbocycles. The summed E-state index contributed by atoms with van der Waals surface area (Å²) in [7, 11) is 0. The van der Waals surface area contributed by atoms with Crippen molar-refractivity contribution >= 4 is 5.82 Å². The second-order valence-corrected chi connectivity index (χ2v) is 6.12. The molecule has 0 saturated carbocycles. The molecule has 2 saturated heterocycles. The molecule has 1 unspecified atom stereocenters. The van der Waals surface area contributed by atoms with Gasteiger partial charge in [-0.25, -0.2) is 9.97 Å². The number of aryl methyl sites for hydroxylation is 1. The molecule has 110 valence electrons. The van der Waals surface area contributed by atoms with Crippen LogP contribution in [0.5, 0.6) is 0 Å².